The second kappa shape index (κ2) is 5.12. The van der Waals surface area contributed by atoms with Gasteiger partial charge in [0.05, 0.1) is 6.42 Å². The molecule has 0 saturated heterocycles. The van der Waals surface area contributed by atoms with Crippen LogP contribution in [-0.4, -0.2) is 12.2 Å². The molecule has 2 nitrogen and oxygen atoms in total. The standard InChI is InChI=1S/C12H18F3NO/c1-7(6-12(13,14)15)16-9(3)11-5-8(2)17-10(11)4/h5,7,9,16H,6H2,1-4H3. The Kier molecular flexibility index (Phi) is 4.25. The maximum Gasteiger partial charge on any atom is 0.390 e. The first-order valence-electron chi connectivity index (χ1n) is 5.59. The summed E-state index contributed by atoms with van der Waals surface area (Å²) in [6, 6.07) is 1.09. The minimum Gasteiger partial charge on any atom is -0.466 e. The van der Waals surface area contributed by atoms with Crippen molar-refractivity contribution >= 4 is 0 Å². The van der Waals surface area contributed by atoms with Gasteiger partial charge in [-0.2, -0.15) is 13.2 Å². The summed E-state index contributed by atoms with van der Waals surface area (Å²) in [5, 5.41) is 2.93. The quantitative estimate of drug-likeness (QED) is 0.875. The second-order valence-corrected chi connectivity index (χ2v) is 4.48. The topological polar surface area (TPSA) is 25.2 Å². The zero-order chi connectivity index (χ0) is 13.2. The van der Waals surface area contributed by atoms with E-state index in [1.54, 1.807) is 0 Å². The van der Waals surface area contributed by atoms with Crippen molar-refractivity contribution in [2.24, 2.45) is 0 Å². The van der Waals surface area contributed by atoms with Crippen LogP contribution in [0, 0.1) is 13.8 Å². The van der Waals surface area contributed by atoms with Crippen LogP contribution in [-0.2, 0) is 0 Å². The molecule has 2 unspecified atom stereocenters. The molecule has 17 heavy (non-hydrogen) atoms. The molecule has 0 aliphatic rings. The highest BCUT2D eigenvalue weighted by Gasteiger charge is 2.30. The molecular formula is C12H18F3NO. The Morgan fingerprint density at radius 1 is 1.29 bits per heavy atom. The molecule has 98 valence electrons. The number of hydrogen-bond donors (Lipinski definition) is 1. The summed E-state index contributed by atoms with van der Waals surface area (Å²) >= 11 is 0. The van der Waals surface area contributed by atoms with E-state index in [0.717, 1.165) is 17.1 Å². The molecule has 5 heteroatoms. The third-order valence-corrected chi connectivity index (χ3v) is 2.62. The molecule has 0 spiro atoms. The smallest absolute Gasteiger partial charge is 0.390 e. The van der Waals surface area contributed by atoms with Crippen molar-refractivity contribution in [1.29, 1.82) is 0 Å². The summed E-state index contributed by atoms with van der Waals surface area (Å²) in [4.78, 5) is 0. The number of furan rings is 1. The molecule has 0 radical (unpaired) electrons. The molecular weight excluding hydrogens is 231 g/mol. The van der Waals surface area contributed by atoms with Crippen LogP contribution in [0.1, 0.15) is 43.4 Å². The molecule has 1 aromatic rings. The van der Waals surface area contributed by atoms with Crippen LogP contribution < -0.4 is 5.32 Å². The minimum absolute atomic E-state index is 0.148. The van der Waals surface area contributed by atoms with Gasteiger partial charge in [0.25, 0.3) is 0 Å². The van der Waals surface area contributed by atoms with Crippen LogP contribution in [0.5, 0.6) is 0 Å². The predicted molar refractivity (Wildman–Crippen MR) is 59.9 cm³/mol. The van der Waals surface area contributed by atoms with Crippen LogP contribution in [0.15, 0.2) is 10.5 Å². The van der Waals surface area contributed by atoms with Crippen LogP contribution in [0.3, 0.4) is 0 Å². The normalized spacial score (nSPS) is 15.9. The van der Waals surface area contributed by atoms with Crippen LogP contribution >= 0.6 is 0 Å². The van der Waals surface area contributed by atoms with Gasteiger partial charge in [-0.25, -0.2) is 0 Å². The van der Waals surface area contributed by atoms with Crippen LogP contribution in [0.4, 0.5) is 13.2 Å². The van der Waals surface area contributed by atoms with Crippen molar-refractivity contribution in [3.63, 3.8) is 0 Å². The molecule has 1 heterocycles. The zero-order valence-electron chi connectivity index (χ0n) is 10.5. The van der Waals surface area contributed by atoms with Crippen molar-refractivity contribution < 1.29 is 17.6 Å². The number of aryl methyl sites for hydroxylation is 2. The Hall–Kier alpha value is -0.970. The molecule has 0 aliphatic carbocycles. The monoisotopic (exact) mass is 249 g/mol. The van der Waals surface area contributed by atoms with Gasteiger partial charge in [-0.05, 0) is 33.8 Å². The first-order valence-corrected chi connectivity index (χ1v) is 5.59. The van der Waals surface area contributed by atoms with E-state index >= 15 is 0 Å². The largest absolute Gasteiger partial charge is 0.466 e. The molecule has 0 aliphatic heterocycles. The molecule has 2 atom stereocenters. The second-order valence-electron chi connectivity index (χ2n) is 4.48. The summed E-state index contributed by atoms with van der Waals surface area (Å²) in [6.07, 6.45) is -4.96. The van der Waals surface area contributed by atoms with Gasteiger partial charge in [0, 0.05) is 17.6 Å². The Balaban J connectivity index is 2.60. The molecule has 1 rings (SSSR count). The summed E-state index contributed by atoms with van der Waals surface area (Å²) in [7, 11) is 0. The van der Waals surface area contributed by atoms with E-state index < -0.39 is 18.6 Å². The van der Waals surface area contributed by atoms with E-state index in [1.165, 1.54) is 6.92 Å². The fourth-order valence-corrected chi connectivity index (χ4v) is 2.00. The molecule has 1 N–H and O–H groups in total. The first-order chi connectivity index (χ1) is 7.69. The zero-order valence-corrected chi connectivity index (χ0v) is 10.5. The third-order valence-electron chi connectivity index (χ3n) is 2.62. The molecule has 0 saturated carbocycles. The average Bonchev–Trinajstić information content (AvgIpc) is 2.41. The van der Waals surface area contributed by atoms with Gasteiger partial charge < -0.3 is 9.73 Å². The lowest BCUT2D eigenvalue weighted by molar-refractivity contribution is -0.139. The van der Waals surface area contributed by atoms with Crippen molar-refractivity contribution in [2.45, 2.75) is 52.4 Å². The highest BCUT2D eigenvalue weighted by molar-refractivity contribution is 5.23. The Morgan fingerprint density at radius 2 is 1.88 bits per heavy atom. The molecule has 0 amide bonds. The van der Waals surface area contributed by atoms with Gasteiger partial charge in [-0.1, -0.05) is 0 Å². The van der Waals surface area contributed by atoms with E-state index in [-0.39, 0.29) is 6.04 Å². The Morgan fingerprint density at radius 3 is 2.29 bits per heavy atom. The van der Waals surface area contributed by atoms with Gasteiger partial charge >= 0.3 is 6.18 Å². The van der Waals surface area contributed by atoms with Crippen LogP contribution in [0.2, 0.25) is 0 Å². The summed E-state index contributed by atoms with van der Waals surface area (Å²) in [5.74, 6) is 1.52. The number of halogens is 3. The van der Waals surface area contributed by atoms with E-state index in [4.69, 9.17) is 4.42 Å². The summed E-state index contributed by atoms with van der Waals surface area (Å²) < 4.78 is 41.9. The number of nitrogens with one attached hydrogen (secondary N) is 1. The lowest BCUT2D eigenvalue weighted by Gasteiger charge is -2.20. The van der Waals surface area contributed by atoms with Crippen molar-refractivity contribution in [2.75, 3.05) is 0 Å². The first kappa shape index (κ1) is 14.1. The number of rotatable bonds is 4. The molecule has 0 bridgehead atoms. The van der Waals surface area contributed by atoms with E-state index in [2.05, 4.69) is 5.32 Å². The molecule has 0 fully saturated rings. The van der Waals surface area contributed by atoms with Gasteiger partial charge in [0.15, 0.2) is 0 Å². The van der Waals surface area contributed by atoms with E-state index in [9.17, 15) is 13.2 Å². The van der Waals surface area contributed by atoms with Gasteiger partial charge in [0.2, 0.25) is 0 Å². The minimum atomic E-state index is -4.13. The summed E-state index contributed by atoms with van der Waals surface area (Å²) in [5.41, 5.74) is 0.913. The molecule has 1 aromatic heterocycles. The highest BCUT2D eigenvalue weighted by atomic mass is 19.4. The van der Waals surface area contributed by atoms with Crippen molar-refractivity contribution in [3.05, 3.63) is 23.2 Å². The Labute approximate surface area is 99.2 Å². The SMILES string of the molecule is Cc1cc(C(C)NC(C)CC(F)(F)F)c(C)o1. The predicted octanol–water partition coefficient (Wildman–Crippen LogP) is 3.89. The van der Waals surface area contributed by atoms with E-state index in [1.807, 2.05) is 26.8 Å². The van der Waals surface area contributed by atoms with Crippen LogP contribution in [0.25, 0.3) is 0 Å². The average molecular weight is 249 g/mol. The summed E-state index contributed by atoms with van der Waals surface area (Å²) in [6.45, 7) is 7.01. The van der Waals surface area contributed by atoms with Crippen molar-refractivity contribution in [1.82, 2.24) is 5.32 Å². The van der Waals surface area contributed by atoms with Gasteiger partial charge in [-0.15, -0.1) is 0 Å². The van der Waals surface area contributed by atoms with Gasteiger partial charge in [0.1, 0.15) is 11.5 Å². The Bertz CT molecular complexity index is 370. The third kappa shape index (κ3) is 4.42. The lowest BCUT2D eigenvalue weighted by Crippen LogP contribution is -2.33. The molecule has 0 aromatic carbocycles. The fourth-order valence-electron chi connectivity index (χ4n) is 2.00. The maximum absolute atomic E-state index is 12.2. The lowest BCUT2D eigenvalue weighted by atomic mass is 10.1. The maximum atomic E-state index is 12.2. The fraction of sp³-hybridized carbons (Fsp3) is 0.667. The van der Waals surface area contributed by atoms with E-state index in [0.29, 0.717) is 0 Å². The number of hydrogen-bond acceptors (Lipinski definition) is 2. The highest BCUT2D eigenvalue weighted by Crippen LogP contribution is 2.25. The van der Waals surface area contributed by atoms with Crippen molar-refractivity contribution in [3.8, 4) is 0 Å². The van der Waals surface area contributed by atoms with Gasteiger partial charge in [-0.3, -0.25) is 0 Å². The number of alkyl halides is 3.